The van der Waals surface area contributed by atoms with Gasteiger partial charge in [0.25, 0.3) is 5.91 Å². The molecule has 2 nitrogen and oxygen atoms in total. The number of halogens is 3. The second-order valence-electron chi connectivity index (χ2n) is 3.56. The third-order valence-electron chi connectivity index (χ3n) is 2.31. The zero-order valence-corrected chi connectivity index (χ0v) is 13.0. The third-order valence-corrected chi connectivity index (χ3v) is 3.88. The second-order valence-corrected chi connectivity index (χ2v) is 5.70. The molecule has 18 heavy (non-hydrogen) atoms. The number of nitrogens with one attached hydrogen (secondary N) is 1. The highest BCUT2D eigenvalue weighted by atomic mass is 79.9. The first-order chi connectivity index (χ1) is 8.58. The van der Waals surface area contributed by atoms with Crippen LogP contribution in [0.15, 0.2) is 51.4 Å². The van der Waals surface area contributed by atoms with Crippen molar-refractivity contribution in [3.05, 3.63) is 62.0 Å². The van der Waals surface area contributed by atoms with Gasteiger partial charge in [-0.15, -0.1) is 0 Å². The van der Waals surface area contributed by atoms with Crippen molar-refractivity contribution >= 4 is 55.1 Å². The van der Waals surface area contributed by atoms with Gasteiger partial charge in [-0.1, -0.05) is 17.7 Å². The molecule has 92 valence electrons. The van der Waals surface area contributed by atoms with Crippen LogP contribution in [0, 0.1) is 0 Å². The molecule has 0 unspecified atom stereocenters. The van der Waals surface area contributed by atoms with Gasteiger partial charge in [0.15, 0.2) is 0 Å². The molecule has 1 amide bonds. The topological polar surface area (TPSA) is 29.1 Å². The standard InChI is InChI=1S/C13H8Br2ClNO/c14-10-2-1-3-11(15)12(10)17-13(18)8-4-6-9(16)7-5-8/h1-7H,(H,17,18). The number of anilines is 1. The van der Waals surface area contributed by atoms with Gasteiger partial charge in [-0.25, -0.2) is 0 Å². The predicted molar refractivity (Wildman–Crippen MR) is 81.2 cm³/mol. The van der Waals surface area contributed by atoms with E-state index in [1.165, 1.54) is 0 Å². The average Bonchev–Trinajstić information content (AvgIpc) is 2.34. The van der Waals surface area contributed by atoms with E-state index in [0.717, 1.165) is 8.95 Å². The molecule has 2 aromatic rings. The van der Waals surface area contributed by atoms with E-state index in [2.05, 4.69) is 37.2 Å². The lowest BCUT2D eigenvalue weighted by atomic mass is 10.2. The van der Waals surface area contributed by atoms with Crippen molar-refractivity contribution in [2.75, 3.05) is 5.32 Å². The molecule has 0 saturated carbocycles. The lowest BCUT2D eigenvalue weighted by molar-refractivity contribution is 0.102. The van der Waals surface area contributed by atoms with Crippen LogP contribution in [-0.2, 0) is 0 Å². The summed E-state index contributed by atoms with van der Waals surface area (Å²) in [5, 5.41) is 3.44. The summed E-state index contributed by atoms with van der Waals surface area (Å²) in [7, 11) is 0. The van der Waals surface area contributed by atoms with Gasteiger partial charge < -0.3 is 5.32 Å². The molecule has 0 atom stereocenters. The van der Waals surface area contributed by atoms with Gasteiger partial charge >= 0.3 is 0 Å². The highest BCUT2D eigenvalue weighted by Crippen LogP contribution is 2.30. The molecule has 0 bridgehead atoms. The van der Waals surface area contributed by atoms with Crippen molar-refractivity contribution in [3.63, 3.8) is 0 Å². The highest BCUT2D eigenvalue weighted by molar-refractivity contribution is 9.11. The maximum atomic E-state index is 12.0. The molecular weight excluding hydrogens is 381 g/mol. The predicted octanol–water partition coefficient (Wildman–Crippen LogP) is 5.12. The van der Waals surface area contributed by atoms with Crippen molar-refractivity contribution < 1.29 is 4.79 Å². The summed E-state index contributed by atoms with van der Waals surface area (Å²) in [6.07, 6.45) is 0. The van der Waals surface area contributed by atoms with E-state index >= 15 is 0 Å². The molecule has 0 aliphatic carbocycles. The van der Waals surface area contributed by atoms with Crippen LogP contribution >= 0.6 is 43.5 Å². The first kappa shape index (κ1) is 13.6. The maximum absolute atomic E-state index is 12.0. The Morgan fingerprint density at radius 2 is 1.56 bits per heavy atom. The summed E-state index contributed by atoms with van der Waals surface area (Å²) in [5.74, 6) is -0.181. The minimum absolute atomic E-state index is 0.181. The average molecular weight is 389 g/mol. The molecule has 0 aromatic heterocycles. The first-order valence-corrected chi connectivity index (χ1v) is 7.05. The van der Waals surface area contributed by atoms with Gasteiger partial charge in [0.1, 0.15) is 0 Å². The Hall–Kier alpha value is -0.840. The van der Waals surface area contributed by atoms with Crippen molar-refractivity contribution in [1.29, 1.82) is 0 Å². The molecular formula is C13H8Br2ClNO. The molecule has 0 spiro atoms. The van der Waals surface area contributed by atoms with Crippen molar-refractivity contribution in [1.82, 2.24) is 0 Å². The molecule has 0 aliphatic rings. The second kappa shape index (κ2) is 5.87. The van der Waals surface area contributed by atoms with Gasteiger partial charge in [0.05, 0.1) is 5.69 Å². The Morgan fingerprint density at radius 3 is 2.11 bits per heavy atom. The van der Waals surface area contributed by atoms with Gasteiger partial charge in [-0.05, 0) is 68.3 Å². The molecule has 5 heteroatoms. The van der Waals surface area contributed by atoms with Gasteiger partial charge in [0, 0.05) is 19.5 Å². The van der Waals surface area contributed by atoms with Gasteiger partial charge in [-0.3, -0.25) is 4.79 Å². The lowest BCUT2D eigenvalue weighted by Gasteiger charge is -2.09. The van der Waals surface area contributed by atoms with Gasteiger partial charge in [0.2, 0.25) is 0 Å². The largest absolute Gasteiger partial charge is 0.320 e. The molecule has 1 N–H and O–H groups in total. The first-order valence-electron chi connectivity index (χ1n) is 5.09. The number of carbonyl (C=O) groups is 1. The highest BCUT2D eigenvalue weighted by Gasteiger charge is 2.10. The number of para-hydroxylation sites is 1. The Labute approximate surface area is 127 Å². The molecule has 2 aromatic carbocycles. The number of benzene rings is 2. The van der Waals surface area contributed by atoms with Crippen molar-refractivity contribution in [2.45, 2.75) is 0 Å². The SMILES string of the molecule is O=C(Nc1c(Br)cccc1Br)c1ccc(Cl)cc1. The van der Waals surface area contributed by atoms with E-state index < -0.39 is 0 Å². The quantitative estimate of drug-likeness (QED) is 0.759. The van der Waals surface area contributed by atoms with E-state index in [9.17, 15) is 4.79 Å². The maximum Gasteiger partial charge on any atom is 0.255 e. The minimum atomic E-state index is -0.181. The summed E-state index contributed by atoms with van der Waals surface area (Å²) in [6.45, 7) is 0. The zero-order chi connectivity index (χ0) is 13.1. The van der Waals surface area contributed by atoms with Crippen LogP contribution in [-0.4, -0.2) is 5.91 Å². The summed E-state index contributed by atoms with van der Waals surface area (Å²) >= 11 is 12.6. The smallest absolute Gasteiger partial charge is 0.255 e. The summed E-state index contributed by atoms with van der Waals surface area (Å²) < 4.78 is 1.64. The Kier molecular flexibility index (Phi) is 4.43. The van der Waals surface area contributed by atoms with Crippen LogP contribution in [0.1, 0.15) is 10.4 Å². The molecule has 0 saturated heterocycles. The van der Waals surface area contributed by atoms with Crippen LogP contribution in [0.5, 0.6) is 0 Å². The van der Waals surface area contributed by atoms with E-state index in [-0.39, 0.29) is 5.91 Å². The third kappa shape index (κ3) is 3.13. The van der Waals surface area contributed by atoms with E-state index in [0.29, 0.717) is 16.3 Å². The molecule has 0 fully saturated rings. The molecule has 2 rings (SSSR count). The van der Waals surface area contributed by atoms with Gasteiger partial charge in [-0.2, -0.15) is 0 Å². The van der Waals surface area contributed by atoms with Crippen LogP contribution in [0.3, 0.4) is 0 Å². The van der Waals surface area contributed by atoms with Crippen LogP contribution in [0.2, 0.25) is 5.02 Å². The van der Waals surface area contributed by atoms with E-state index in [1.54, 1.807) is 24.3 Å². The Morgan fingerprint density at radius 1 is 1.00 bits per heavy atom. The Balaban J connectivity index is 2.24. The summed E-state index contributed by atoms with van der Waals surface area (Å²) in [6, 6.07) is 12.3. The van der Waals surface area contributed by atoms with Crippen LogP contribution in [0.25, 0.3) is 0 Å². The molecule has 0 heterocycles. The minimum Gasteiger partial charge on any atom is -0.320 e. The van der Waals surface area contributed by atoms with Crippen molar-refractivity contribution in [3.8, 4) is 0 Å². The summed E-state index contributed by atoms with van der Waals surface area (Å²) in [4.78, 5) is 12.0. The lowest BCUT2D eigenvalue weighted by Crippen LogP contribution is -2.12. The Bertz CT molecular complexity index is 564. The fourth-order valence-corrected chi connectivity index (χ4v) is 2.73. The number of amides is 1. The normalized spacial score (nSPS) is 10.2. The molecule has 0 aliphatic heterocycles. The summed E-state index contributed by atoms with van der Waals surface area (Å²) in [5.41, 5.74) is 1.26. The van der Waals surface area contributed by atoms with E-state index in [4.69, 9.17) is 11.6 Å². The molecule has 0 radical (unpaired) electrons. The number of hydrogen-bond acceptors (Lipinski definition) is 1. The van der Waals surface area contributed by atoms with E-state index in [1.807, 2.05) is 18.2 Å². The fraction of sp³-hybridized carbons (Fsp3) is 0. The number of carbonyl (C=O) groups excluding carboxylic acids is 1. The van der Waals surface area contributed by atoms with Crippen molar-refractivity contribution in [2.24, 2.45) is 0 Å². The van der Waals surface area contributed by atoms with Crippen LogP contribution < -0.4 is 5.32 Å². The number of hydrogen-bond donors (Lipinski definition) is 1. The number of rotatable bonds is 2. The monoisotopic (exact) mass is 387 g/mol. The fourth-order valence-electron chi connectivity index (χ4n) is 1.40. The van der Waals surface area contributed by atoms with Crippen LogP contribution in [0.4, 0.5) is 5.69 Å². The zero-order valence-electron chi connectivity index (χ0n) is 9.08.